The number of nitrogens with one attached hydrogen (secondary N) is 1. The van der Waals surface area contributed by atoms with Gasteiger partial charge in [0.1, 0.15) is 0 Å². The van der Waals surface area contributed by atoms with Crippen LogP contribution >= 0.6 is 11.8 Å². The second-order valence-electron chi connectivity index (χ2n) is 5.00. The third-order valence-corrected chi connectivity index (χ3v) is 4.66. The molecule has 1 aliphatic carbocycles. The van der Waals surface area contributed by atoms with Gasteiger partial charge in [-0.05, 0) is 18.4 Å². The fourth-order valence-corrected chi connectivity index (χ4v) is 3.22. The summed E-state index contributed by atoms with van der Waals surface area (Å²) < 4.78 is 0. The van der Waals surface area contributed by atoms with Crippen LogP contribution in [0, 0.1) is 0 Å². The summed E-state index contributed by atoms with van der Waals surface area (Å²) in [6.07, 6.45) is 5.61. The second kappa shape index (κ2) is 7.07. The molecule has 1 aromatic carbocycles. The fraction of sp³-hybridized carbons (Fsp3) is 0.600. The van der Waals surface area contributed by atoms with Crippen LogP contribution in [0.3, 0.4) is 0 Å². The van der Waals surface area contributed by atoms with E-state index in [1.54, 1.807) is 0 Å². The van der Waals surface area contributed by atoms with Crippen LogP contribution in [0.2, 0.25) is 0 Å². The van der Waals surface area contributed by atoms with Crippen molar-refractivity contribution in [2.45, 2.75) is 49.7 Å². The Balaban J connectivity index is 1.62. The third-order valence-electron chi connectivity index (χ3n) is 3.43. The lowest BCUT2D eigenvalue weighted by atomic mass is 10.2. The van der Waals surface area contributed by atoms with Crippen molar-refractivity contribution in [2.75, 3.05) is 6.54 Å². The molecule has 1 unspecified atom stereocenters. The molecule has 1 atom stereocenters. The lowest BCUT2D eigenvalue weighted by molar-refractivity contribution is 0.527. The van der Waals surface area contributed by atoms with Crippen molar-refractivity contribution in [1.82, 2.24) is 5.32 Å². The van der Waals surface area contributed by atoms with Gasteiger partial charge in [0.05, 0.1) is 0 Å². The van der Waals surface area contributed by atoms with Crippen LogP contribution in [-0.2, 0) is 5.75 Å². The van der Waals surface area contributed by atoms with Crippen molar-refractivity contribution in [2.24, 2.45) is 0 Å². The maximum atomic E-state index is 3.70. The predicted octanol–water partition coefficient (Wildman–Crippen LogP) is 3.84. The molecule has 0 radical (unpaired) electrons. The Morgan fingerprint density at radius 1 is 1.24 bits per heavy atom. The molecule has 0 spiro atoms. The van der Waals surface area contributed by atoms with E-state index in [0.717, 1.165) is 18.3 Å². The third kappa shape index (κ3) is 4.72. The minimum absolute atomic E-state index is 0.704. The van der Waals surface area contributed by atoms with Crippen molar-refractivity contribution < 1.29 is 0 Å². The van der Waals surface area contributed by atoms with Crippen LogP contribution in [0.25, 0.3) is 0 Å². The summed E-state index contributed by atoms with van der Waals surface area (Å²) >= 11 is 2.05. The first kappa shape index (κ1) is 13.0. The molecule has 1 aliphatic rings. The van der Waals surface area contributed by atoms with E-state index in [0.29, 0.717) is 5.25 Å². The summed E-state index contributed by atoms with van der Waals surface area (Å²) in [7, 11) is 0. The van der Waals surface area contributed by atoms with Gasteiger partial charge in [0.15, 0.2) is 0 Å². The van der Waals surface area contributed by atoms with Crippen LogP contribution < -0.4 is 5.32 Å². The van der Waals surface area contributed by atoms with E-state index in [9.17, 15) is 0 Å². The largest absolute Gasteiger partial charge is 0.313 e. The average molecular weight is 249 g/mol. The zero-order valence-corrected chi connectivity index (χ0v) is 11.5. The molecular weight excluding hydrogens is 226 g/mol. The van der Waals surface area contributed by atoms with E-state index >= 15 is 0 Å². The zero-order chi connectivity index (χ0) is 11.9. The lowest BCUT2D eigenvalue weighted by Gasteiger charge is -2.16. The highest BCUT2D eigenvalue weighted by Crippen LogP contribution is 2.20. The van der Waals surface area contributed by atoms with Crippen molar-refractivity contribution in [1.29, 1.82) is 0 Å². The maximum absolute atomic E-state index is 3.70. The van der Waals surface area contributed by atoms with Gasteiger partial charge in [-0.15, -0.1) is 0 Å². The number of benzene rings is 1. The number of rotatable bonds is 6. The molecule has 94 valence electrons. The molecular formula is C15H23NS. The van der Waals surface area contributed by atoms with E-state index in [2.05, 4.69) is 54.3 Å². The molecule has 0 heterocycles. The summed E-state index contributed by atoms with van der Waals surface area (Å²) in [4.78, 5) is 0. The molecule has 0 amide bonds. The van der Waals surface area contributed by atoms with Gasteiger partial charge in [0, 0.05) is 23.6 Å². The summed E-state index contributed by atoms with van der Waals surface area (Å²) in [5.74, 6) is 1.13. The van der Waals surface area contributed by atoms with Gasteiger partial charge >= 0.3 is 0 Å². The van der Waals surface area contributed by atoms with Crippen molar-refractivity contribution in [3.8, 4) is 0 Å². The van der Waals surface area contributed by atoms with Crippen molar-refractivity contribution in [3.63, 3.8) is 0 Å². The van der Waals surface area contributed by atoms with Gasteiger partial charge in [-0.25, -0.2) is 0 Å². The maximum Gasteiger partial charge on any atom is 0.0187 e. The van der Waals surface area contributed by atoms with Crippen molar-refractivity contribution >= 4 is 11.8 Å². The Morgan fingerprint density at radius 3 is 2.65 bits per heavy atom. The topological polar surface area (TPSA) is 12.0 Å². The van der Waals surface area contributed by atoms with Gasteiger partial charge in [-0.3, -0.25) is 0 Å². The fourth-order valence-electron chi connectivity index (χ4n) is 2.33. The van der Waals surface area contributed by atoms with Crippen LogP contribution in [0.5, 0.6) is 0 Å². The predicted molar refractivity (Wildman–Crippen MR) is 77.5 cm³/mol. The summed E-state index contributed by atoms with van der Waals surface area (Å²) in [5, 5.41) is 4.40. The number of thioether (sulfide) groups is 1. The van der Waals surface area contributed by atoms with E-state index < -0.39 is 0 Å². The molecule has 1 aromatic rings. The molecule has 0 saturated heterocycles. The molecule has 0 aromatic heterocycles. The average Bonchev–Trinajstić information content (AvgIpc) is 2.88. The Morgan fingerprint density at radius 2 is 1.94 bits per heavy atom. The molecule has 2 rings (SSSR count). The second-order valence-corrected chi connectivity index (χ2v) is 6.42. The lowest BCUT2D eigenvalue weighted by Crippen LogP contribution is -2.31. The zero-order valence-electron chi connectivity index (χ0n) is 10.7. The molecule has 1 N–H and O–H groups in total. The minimum atomic E-state index is 0.704. The normalized spacial score (nSPS) is 18.4. The van der Waals surface area contributed by atoms with Crippen LogP contribution in [0.4, 0.5) is 0 Å². The smallest absolute Gasteiger partial charge is 0.0187 e. The van der Waals surface area contributed by atoms with Crippen LogP contribution in [0.1, 0.15) is 38.2 Å². The van der Waals surface area contributed by atoms with Crippen LogP contribution in [0.15, 0.2) is 30.3 Å². The molecule has 1 fully saturated rings. The summed E-state index contributed by atoms with van der Waals surface area (Å²) in [6, 6.07) is 11.6. The number of hydrogen-bond acceptors (Lipinski definition) is 2. The van der Waals surface area contributed by atoms with Gasteiger partial charge in [-0.1, -0.05) is 50.1 Å². The van der Waals surface area contributed by atoms with Gasteiger partial charge in [0.2, 0.25) is 0 Å². The molecule has 0 aliphatic heterocycles. The Kier molecular flexibility index (Phi) is 5.40. The van der Waals surface area contributed by atoms with Crippen LogP contribution in [-0.4, -0.2) is 17.8 Å². The van der Waals surface area contributed by atoms with E-state index in [4.69, 9.17) is 0 Å². The molecule has 1 nitrogen and oxygen atoms in total. The highest BCUT2D eigenvalue weighted by atomic mass is 32.2. The molecule has 17 heavy (non-hydrogen) atoms. The number of hydrogen-bond donors (Lipinski definition) is 1. The van der Waals surface area contributed by atoms with Crippen molar-refractivity contribution in [3.05, 3.63) is 35.9 Å². The Labute approximate surface area is 109 Å². The quantitative estimate of drug-likeness (QED) is 0.822. The molecule has 2 heteroatoms. The summed E-state index contributed by atoms with van der Waals surface area (Å²) in [6.45, 7) is 3.48. The van der Waals surface area contributed by atoms with Gasteiger partial charge in [0.25, 0.3) is 0 Å². The SMILES string of the molecule is CC(CNC1CCCC1)SCc1ccccc1. The summed E-state index contributed by atoms with van der Waals surface area (Å²) in [5.41, 5.74) is 1.44. The van der Waals surface area contributed by atoms with E-state index in [1.807, 2.05) is 0 Å². The Bertz CT molecular complexity index is 306. The van der Waals surface area contributed by atoms with Gasteiger partial charge in [-0.2, -0.15) is 11.8 Å². The highest BCUT2D eigenvalue weighted by Gasteiger charge is 2.14. The highest BCUT2D eigenvalue weighted by molar-refractivity contribution is 7.99. The van der Waals surface area contributed by atoms with Gasteiger partial charge < -0.3 is 5.32 Å². The first-order valence-electron chi connectivity index (χ1n) is 6.73. The standard InChI is InChI=1S/C15H23NS/c1-13(11-16-15-9-5-6-10-15)17-12-14-7-3-2-4-8-14/h2-4,7-8,13,15-16H,5-6,9-12H2,1H3. The van der Waals surface area contributed by atoms with E-state index in [-0.39, 0.29) is 0 Å². The Hall–Kier alpha value is -0.470. The molecule has 1 saturated carbocycles. The molecule has 0 bridgehead atoms. The minimum Gasteiger partial charge on any atom is -0.313 e. The first-order chi connectivity index (χ1) is 8.34. The monoisotopic (exact) mass is 249 g/mol. The first-order valence-corrected chi connectivity index (χ1v) is 7.78. The van der Waals surface area contributed by atoms with E-state index in [1.165, 1.54) is 31.2 Å².